The van der Waals surface area contributed by atoms with Crippen molar-refractivity contribution >= 4 is 44.0 Å². The molecule has 0 saturated carbocycles. The number of hydrogen-bond donors (Lipinski definition) is 2. The van der Waals surface area contributed by atoms with E-state index in [2.05, 4.69) is 14.4 Å². The maximum Gasteiger partial charge on any atom is 0.264 e. The third-order valence-corrected chi connectivity index (χ3v) is 8.27. The van der Waals surface area contributed by atoms with Crippen LogP contribution in [0.3, 0.4) is 0 Å². The van der Waals surface area contributed by atoms with Crippen LogP contribution >= 0.6 is 0 Å². The number of ether oxygens (including phenoxy) is 1. The Labute approximate surface area is 263 Å². The molecule has 1 amide bonds. The maximum atomic E-state index is 12.8. The van der Waals surface area contributed by atoms with Gasteiger partial charge in [0.2, 0.25) is 5.91 Å². The first-order valence-corrected chi connectivity index (χ1v) is 16.6. The van der Waals surface area contributed by atoms with E-state index in [9.17, 15) is 23.1 Å². The number of fused-ring (bicyclic) bond motifs is 1. The Bertz CT molecular complexity index is 1710. The number of aliphatic hydroxyl groups excluding tert-OH is 1. The van der Waals surface area contributed by atoms with Crippen molar-refractivity contribution in [3.8, 4) is 5.75 Å². The summed E-state index contributed by atoms with van der Waals surface area (Å²) in [6, 6.07) is 28.3. The smallest absolute Gasteiger partial charge is 0.264 e. The number of carbonyl (C=O) groups excluding carboxylic acids is 2. The van der Waals surface area contributed by atoms with Crippen molar-refractivity contribution in [3.63, 3.8) is 0 Å². The van der Waals surface area contributed by atoms with Crippen LogP contribution in [-0.4, -0.2) is 75.8 Å². The first kappa shape index (κ1) is 32.0. The molecule has 4 aromatic rings. The van der Waals surface area contributed by atoms with Gasteiger partial charge in [-0.15, -0.1) is 0 Å². The predicted molar refractivity (Wildman–Crippen MR) is 174 cm³/mol. The highest BCUT2D eigenvalue weighted by molar-refractivity contribution is 7.85. The number of piperazine rings is 1. The fourth-order valence-electron chi connectivity index (χ4n) is 5.31. The largest absolute Gasteiger partial charge is 0.491 e. The fourth-order valence-corrected chi connectivity index (χ4v) is 5.68. The molecule has 10 nitrogen and oxygen atoms in total. The summed E-state index contributed by atoms with van der Waals surface area (Å²) in [4.78, 5) is 29.5. The molecular weight excluding hydrogens is 594 g/mol. The van der Waals surface area contributed by atoms with E-state index in [1.807, 2.05) is 66.7 Å². The molecule has 0 aromatic heterocycles. The Morgan fingerprint density at radius 3 is 2.24 bits per heavy atom. The molecule has 0 radical (unpaired) electrons. The first-order chi connectivity index (χ1) is 21.7. The average molecular weight is 632 g/mol. The van der Waals surface area contributed by atoms with Gasteiger partial charge in [0.15, 0.2) is 12.0 Å². The molecule has 0 aliphatic carbocycles. The van der Waals surface area contributed by atoms with Crippen molar-refractivity contribution in [1.29, 1.82) is 0 Å². The van der Waals surface area contributed by atoms with Crippen molar-refractivity contribution in [2.75, 3.05) is 55.9 Å². The van der Waals surface area contributed by atoms with Crippen LogP contribution in [0.25, 0.3) is 10.8 Å². The van der Waals surface area contributed by atoms with Crippen molar-refractivity contribution in [2.45, 2.75) is 19.1 Å². The highest BCUT2D eigenvalue weighted by Gasteiger charge is 2.22. The van der Waals surface area contributed by atoms with E-state index in [-0.39, 0.29) is 37.7 Å². The molecule has 236 valence electrons. The highest BCUT2D eigenvalue weighted by Crippen LogP contribution is 2.27. The number of aliphatic hydroxyl groups is 1. The predicted octanol–water partition coefficient (Wildman–Crippen LogP) is 4.61. The molecule has 1 aliphatic rings. The summed E-state index contributed by atoms with van der Waals surface area (Å²) < 4.78 is 32.0. The second-order valence-electron chi connectivity index (χ2n) is 10.9. The number of carbonyl (C=O) groups is 2. The topological polar surface area (TPSA) is 125 Å². The summed E-state index contributed by atoms with van der Waals surface area (Å²) in [7, 11) is -3.52. The molecule has 1 unspecified atom stereocenters. The Hall–Kier alpha value is -4.45. The normalized spacial score (nSPS) is 14.3. The van der Waals surface area contributed by atoms with Crippen LogP contribution in [-0.2, 0) is 19.1 Å². The molecule has 1 heterocycles. The molecule has 1 fully saturated rings. The number of benzene rings is 4. The van der Waals surface area contributed by atoms with Crippen LogP contribution in [0.4, 0.5) is 11.4 Å². The zero-order chi connectivity index (χ0) is 31.8. The summed E-state index contributed by atoms with van der Waals surface area (Å²) in [5.74, 6) is 0.311. The molecule has 0 bridgehead atoms. The summed E-state index contributed by atoms with van der Waals surface area (Å²) in [6.07, 6.45) is 0.371. The summed E-state index contributed by atoms with van der Waals surface area (Å²) in [5, 5.41) is 16.1. The second-order valence-corrected chi connectivity index (χ2v) is 12.5. The van der Waals surface area contributed by atoms with Gasteiger partial charge in [0, 0.05) is 61.5 Å². The summed E-state index contributed by atoms with van der Waals surface area (Å²) in [6.45, 7) is 2.46. The number of anilines is 2. The Morgan fingerprint density at radius 1 is 0.844 bits per heavy atom. The van der Waals surface area contributed by atoms with E-state index >= 15 is 0 Å². The van der Waals surface area contributed by atoms with Gasteiger partial charge >= 0.3 is 0 Å². The van der Waals surface area contributed by atoms with Crippen molar-refractivity contribution in [1.82, 2.24) is 4.90 Å². The third kappa shape index (κ3) is 8.81. The lowest BCUT2D eigenvalue weighted by Gasteiger charge is -2.36. The number of amides is 1. The third-order valence-electron chi connectivity index (χ3n) is 7.68. The SMILES string of the molecule is CS(=O)(=O)OCCOc1ccc(C(=O)CCC(=O)N2CCN(c3ccc(NC(O)c4cccc5ccccc45)cc3)CC2)cc1. The fraction of sp³-hybridized carbons (Fsp3) is 0.294. The quantitative estimate of drug-likeness (QED) is 0.0942. The molecule has 11 heteroatoms. The number of rotatable bonds is 13. The Kier molecular flexibility index (Phi) is 10.3. The van der Waals surface area contributed by atoms with Gasteiger partial charge in [0.25, 0.3) is 10.1 Å². The molecule has 4 aromatic carbocycles. The van der Waals surface area contributed by atoms with Crippen LogP contribution in [0, 0.1) is 0 Å². The van der Waals surface area contributed by atoms with Crippen LogP contribution < -0.4 is 15.0 Å². The zero-order valence-corrected chi connectivity index (χ0v) is 25.9. The molecule has 5 rings (SSSR count). The van der Waals surface area contributed by atoms with Crippen LogP contribution in [0.15, 0.2) is 91.0 Å². The van der Waals surface area contributed by atoms with Crippen LogP contribution in [0.1, 0.15) is 35.0 Å². The van der Waals surface area contributed by atoms with Crippen LogP contribution in [0.2, 0.25) is 0 Å². The Balaban J connectivity index is 1.04. The molecule has 45 heavy (non-hydrogen) atoms. The maximum absolute atomic E-state index is 12.8. The van der Waals surface area contributed by atoms with Crippen LogP contribution in [0.5, 0.6) is 5.75 Å². The van der Waals surface area contributed by atoms with Gasteiger partial charge in [0.1, 0.15) is 19.0 Å². The van der Waals surface area contributed by atoms with Gasteiger partial charge in [0.05, 0.1) is 6.26 Å². The van der Waals surface area contributed by atoms with Gasteiger partial charge in [-0.1, -0.05) is 42.5 Å². The molecule has 1 atom stereocenters. The lowest BCUT2D eigenvalue weighted by atomic mass is 10.0. The molecule has 1 saturated heterocycles. The molecule has 2 N–H and O–H groups in total. The van der Waals surface area contributed by atoms with Gasteiger partial charge in [-0.05, 0) is 59.3 Å². The second kappa shape index (κ2) is 14.6. The standard InChI is InChI=1S/C34H37N3O7S/c1-45(41,42)44-24-23-43-29-15-9-26(10-16-29)32(38)17-18-33(39)37-21-19-36(20-22-37)28-13-11-27(12-14-28)35-34(40)31-8-4-6-25-5-2-3-7-30(25)31/h2-16,34-35,40H,17-24H2,1H3. The van der Waals surface area contributed by atoms with E-state index in [1.54, 1.807) is 29.2 Å². The first-order valence-electron chi connectivity index (χ1n) is 14.8. The van der Waals surface area contributed by atoms with Crippen molar-refractivity contribution < 1.29 is 32.0 Å². The lowest BCUT2D eigenvalue weighted by Crippen LogP contribution is -2.48. The summed E-state index contributed by atoms with van der Waals surface area (Å²) in [5.41, 5.74) is 3.14. The Morgan fingerprint density at radius 2 is 1.53 bits per heavy atom. The average Bonchev–Trinajstić information content (AvgIpc) is 3.05. The number of Topliss-reactive ketones (excluding diaryl/α,β-unsaturated/α-hetero) is 1. The number of nitrogens with one attached hydrogen (secondary N) is 1. The highest BCUT2D eigenvalue weighted by atomic mass is 32.2. The van der Waals surface area contributed by atoms with E-state index < -0.39 is 16.3 Å². The number of hydrogen-bond acceptors (Lipinski definition) is 9. The van der Waals surface area contributed by atoms with Gasteiger partial charge in [-0.25, -0.2) is 0 Å². The molecular formula is C34H37N3O7S. The minimum Gasteiger partial charge on any atom is -0.491 e. The minimum absolute atomic E-state index is 0.0456. The van der Waals surface area contributed by atoms with E-state index in [4.69, 9.17) is 4.74 Å². The minimum atomic E-state index is -3.52. The van der Waals surface area contributed by atoms with E-state index in [0.717, 1.165) is 34.0 Å². The molecule has 1 aliphatic heterocycles. The van der Waals surface area contributed by atoms with Gasteiger partial charge in [-0.2, -0.15) is 8.42 Å². The van der Waals surface area contributed by atoms with Crippen molar-refractivity contribution in [3.05, 3.63) is 102 Å². The monoisotopic (exact) mass is 631 g/mol. The summed E-state index contributed by atoms with van der Waals surface area (Å²) >= 11 is 0. The zero-order valence-electron chi connectivity index (χ0n) is 25.1. The van der Waals surface area contributed by atoms with Gasteiger partial charge < -0.3 is 25.0 Å². The van der Waals surface area contributed by atoms with Gasteiger partial charge in [-0.3, -0.25) is 13.8 Å². The van der Waals surface area contributed by atoms with E-state index in [0.29, 0.717) is 37.5 Å². The number of nitrogens with zero attached hydrogens (tertiary/aromatic N) is 2. The van der Waals surface area contributed by atoms with Crippen molar-refractivity contribution in [2.24, 2.45) is 0 Å². The lowest BCUT2D eigenvalue weighted by molar-refractivity contribution is -0.131. The molecule has 0 spiro atoms. The number of ketones is 1. The van der Waals surface area contributed by atoms with E-state index in [1.165, 1.54) is 0 Å².